The Morgan fingerprint density at radius 1 is 1.15 bits per heavy atom. The van der Waals surface area contributed by atoms with Crippen molar-refractivity contribution in [1.29, 1.82) is 0 Å². The highest BCUT2D eigenvalue weighted by atomic mass is 35.5. The molecule has 2 aliphatic rings. The van der Waals surface area contributed by atoms with Crippen LogP contribution in [0.4, 0.5) is 0 Å². The lowest BCUT2D eigenvalue weighted by molar-refractivity contribution is -0.133. The van der Waals surface area contributed by atoms with E-state index in [0.717, 1.165) is 26.2 Å². The number of benzene rings is 1. The van der Waals surface area contributed by atoms with E-state index in [9.17, 15) is 13.2 Å². The minimum Gasteiger partial charge on any atom is -0.340 e. The quantitative estimate of drug-likeness (QED) is 0.795. The molecule has 1 saturated heterocycles. The Morgan fingerprint density at radius 2 is 1.85 bits per heavy atom. The highest BCUT2D eigenvalue weighted by Gasteiger charge is 2.27. The Hall–Kier alpha value is -1.15. The van der Waals surface area contributed by atoms with E-state index in [1.54, 1.807) is 12.1 Å². The Labute approximate surface area is 160 Å². The average Bonchev–Trinajstić information content (AvgIpc) is 3.16. The molecule has 0 spiro atoms. The fourth-order valence-electron chi connectivity index (χ4n) is 3.77. The number of hydrogen-bond acceptors (Lipinski definition) is 4. The third-order valence-electron chi connectivity index (χ3n) is 5.25. The van der Waals surface area contributed by atoms with E-state index in [1.165, 1.54) is 37.8 Å². The molecular weight excluding hydrogens is 374 g/mol. The fraction of sp³-hybridized carbons (Fsp3) is 0.611. The van der Waals surface area contributed by atoms with Crippen LogP contribution in [-0.4, -0.2) is 62.9 Å². The topological polar surface area (TPSA) is 69.7 Å². The van der Waals surface area contributed by atoms with Crippen molar-refractivity contribution in [2.75, 3.05) is 32.7 Å². The Bertz CT molecular complexity index is 727. The third-order valence-corrected chi connectivity index (χ3v) is 6.94. The van der Waals surface area contributed by atoms with E-state index in [2.05, 4.69) is 9.62 Å². The summed E-state index contributed by atoms with van der Waals surface area (Å²) in [4.78, 5) is 16.8. The Balaban J connectivity index is 1.43. The lowest BCUT2D eigenvalue weighted by Crippen LogP contribution is -2.51. The zero-order valence-corrected chi connectivity index (χ0v) is 16.4. The van der Waals surface area contributed by atoms with Crippen LogP contribution in [0.3, 0.4) is 0 Å². The number of piperazine rings is 1. The molecule has 1 aromatic carbocycles. The summed E-state index contributed by atoms with van der Waals surface area (Å²) in [6, 6.07) is 6.78. The largest absolute Gasteiger partial charge is 0.340 e. The number of nitrogens with one attached hydrogen (secondary N) is 1. The summed E-state index contributed by atoms with van der Waals surface area (Å²) in [5.41, 5.74) is 0. The molecule has 8 heteroatoms. The first-order valence-corrected chi connectivity index (χ1v) is 11.1. The second kappa shape index (κ2) is 8.69. The lowest BCUT2D eigenvalue weighted by Gasteiger charge is -2.38. The molecule has 1 saturated carbocycles. The van der Waals surface area contributed by atoms with E-state index in [-0.39, 0.29) is 23.8 Å². The van der Waals surface area contributed by atoms with Gasteiger partial charge in [-0.25, -0.2) is 13.1 Å². The molecule has 0 radical (unpaired) electrons. The second-order valence-electron chi connectivity index (χ2n) is 6.96. The normalized spacial score (nSPS) is 19.8. The van der Waals surface area contributed by atoms with Crippen LogP contribution in [0, 0.1) is 0 Å². The zero-order chi connectivity index (χ0) is 18.6. The predicted molar refractivity (Wildman–Crippen MR) is 102 cm³/mol. The minimum atomic E-state index is -3.64. The van der Waals surface area contributed by atoms with Crippen molar-refractivity contribution in [2.24, 2.45) is 0 Å². The molecular formula is C18H26ClN3O3S. The van der Waals surface area contributed by atoms with Crippen LogP contribution in [0.2, 0.25) is 5.02 Å². The van der Waals surface area contributed by atoms with Crippen LogP contribution >= 0.6 is 11.6 Å². The van der Waals surface area contributed by atoms with Gasteiger partial charge < -0.3 is 4.90 Å². The van der Waals surface area contributed by atoms with E-state index in [4.69, 9.17) is 11.6 Å². The molecule has 144 valence electrons. The second-order valence-corrected chi connectivity index (χ2v) is 9.16. The number of carbonyl (C=O) groups excluding carboxylic acids is 1. The molecule has 1 aliphatic heterocycles. The van der Waals surface area contributed by atoms with Gasteiger partial charge in [-0.3, -0.25) is 9.69 Å². The molecule has 1 N–H and O–H groups in total. The average molecular weight is 400 g/mol. The van der Waals surface area contributed by atoms with Gasteiger partial charge in [-0.15, -0.1) is 0 Å². The molecule has 0 aromatic heterocycles. The molecule has 0 atom stereocenters. The number of sulfonamides is 1. The number of carbonyl (C=O) groups is 1. The van der Waals surface area contributed by atoms with Gasteiger partial charge >= 0.3 is 0 Å². The van der Waals surface area contributed by atoms with Gasteiger partial charge in [0.2, 0.25) is 15.9 Å². The first-order valence-electron chi connectivity index (χ1n) is 9.23. The monoisotopic (exact) mass is 399 g/mol. The van der Waals surface area contributed by atoms with Gasteiger partial charge in [0.25, 0.3) is 0 Å². The number of nitrogens with zero attached hydrogens (tertiary/aromatic N) is 2. The van der Waals surface area contributed by atoms with Crippen molar-refractivity contribution >= 4 is 27.5 Å². The Morgan fingerprint density at radius 3 is 2.50 bits per heavy atom. The number of hydrogen-bond donors (Lipinski definition) is 1. The maximum Gasteiger partial charge on any atom is 0.240 e. The first-order chi connectivity index (χ1) is 12.5. The third kappa shape index (κ3) is 4.97. The van der Waals surface area contributed by atoms with Gasteiger partial charge in [0.15, 0.2) is 0 Å². The van der Waals surface area contributed by atoms with E-state index in [0.29, 0.717) is 11.1 Å². The maximum absolute atomic E-state index is 12.4. The molecule has 1 heterocycles. The van der Waals surface area contributed by atoms with Crippen molar-refractivity contribution in [1.82, 2.24) is 14.5 Å². The number of rotatable bonds is 6. The first kappa shape index (κ1) is 19.6. The van der Waals surface area contributed by atoms with E-state index >= 15 is 0 Å². The van der Waals surface area contributed by atoms with Crippen LogP contribution in [0.1, 0.15) is 32.1 Å². The van der Waals surface area contributed by atoms with Crippen molar-refractivity contribution in [3.05, 3.63) is 29.3 Å². The van der Waals surface area contributed by atoms with Gasteiger partial charge in [-0.05, 0) is 31.0 Å². The fourth-order valence-corrected chi connectivity index (χ4v) is 5.11. The molecule has 26 heavy (non-hydrogen) atoms. The van der Waals surface area contributed by atoms with Crippen LogP contribution in [-0.2, 0) is 14.8 Å². The standard InChI is InChI=1S/C18H26ClN3O3S/c19-15-4-3-7-17(14-15)26(24,25)20-9-8-18(23)22-12-10-21(11-13-22)16-5-1-2-6-16/h3-4,7,14,16,20H,1-2,5-6,8-13H2. The summed E-state index contributed by atoms with van der Waals surface area (Å²) in [6.45, 7) is 3.40. The van der Waals surface area contributed by atoms with Gasteiger partial charge in [0, 0.05) is 50.2 Å². The molecule has 0 unspecified atom stereocenters. The van der Waals surface area contributed by atoms with Crippen molar-refractivity contribution in [3.63, 3.8) is 0 Å². The summed E-state index contributed by atoms with van der Waals surface area (Å²) < 4.78 is 26.9. The van der Waals surface area contributed by atoms with Gasteiger partial charge in [-0.1, -0.05) is 30.5 Å². The summed E-state index contributed by atoms with van der Waals surface area (Å²) in [7, 11) is -3.64. The zero-order valence-electron chi connectivity index (χ0n) is 14.9. The SMILES string of the molecule is O=C(CCNS(=O)(=O)c1cccc(Cl)c1)N1CCN(C2CCCC2)CC1. The molecule has 1 aliphatic carbocycles. The summed E-state index contributed by atoms with van der Waals surface area (Å²) in [5.74, 6) is 0.00451. The van der Waals surface area contributed by atoms with Crippen molar-refractivity contribution < 1.29 is 13.2 Å². The smallest absolute Gasteiger partial charge is 0.240 e. The number of amides is 1. The van der Waals surface area contributed by atoms with Gasteiger partial charge in [0.1, 0.15) is 0 Å². The van der Waals surface area contributed by atoms with Crippen LogP contribution in [0.25, 0.3) is 0 Å². The van der Waals surface area contributed by atoms with Crippen LogP contribution in [0.5, 0.6) is 0 Å². The summed E-state index contributed by atoms with van der Waals surface area (Å²) in [5, 5.41) is 0.365. The van der Waals surface area contributed by atoms with E-state index < -0.39 is 10.0 Å². The highest BCUT2D eigenvalue weighted by Crippen LogP contribution is 2.24. The molecule has 1 aromatic rings. The lowest BCUT2D eigenvalue weighted by atomic mass is 10.1. The van der Waals surface area contributed by atoms with Crippen LogP contribution in [0.15, 0.2) is 29.2 Å². The van der Waals surface area contributed by atoms with Crippen molar-refractivity contribution in [2.45, 2.75) is 43.0 Å². The molecule has 1 amide bonds. The molecule has 2 fully saturated rings. The van der Waals surface area contributed by atoms with E-state index in [1.807, 2.05) is 4.90 Å². The summed E-state index contributed by atoms with van der Waals surface area (Å²) >= 11 is 5.84. The number of halogens is 1. The molecule has 6 nitrogen and oxygen atoms in total. The molecule has 0 bridgehead atoms. The van der Waals surface area contributed by atoms with Gasteiger partial charge in [0.05, 0.1) is 4.90 Å². The predicted octanol–water partition coefficient (Wildman–Crippen LogP) is 2.10. The molecule has 3 rings (SSSR count). The van der Waals surface area contributed by atoms with Crippen molar-refractivity contribution in [3.8, 4) is 0 Å². The van der Waals surface area contributed by atoms with Crippen LogP contribution < -0.4 is 4.72 Å². The maximum atomic E-state index is 12.4. The minimum absolute atomic E-state index is 0.00451. The highest BCUT2D eigenvalue weighted by molar-refractivity contribution is 7.89. The summed E-state index contributed by atoms with van der Waals surface area (Å²) in [6.07, 6.45) is 5.36. The Kier molecular flexibility index (Phi) is 6.55. The van der Waals surface area contributed by atoms with Gasteiger partial charge in [-0.2, -0.15) is 0 Å².